The second-order valence-corrected chi connectivity index (χ2v) is 4.38. The van der Waals surface area contributed by atoms with E-state index in [9.17, 15) is 5.11 Å². The molecule has 4 N–H and O–H groups in total. The van der Waals surface area contributed by atoms with Gasteiger partial charge in [-0.2, -0.15) is 0 Å². The van der Waals surface area contributed by atoms with E-state index in [1.54, 1.807) is 7.11 Å². The molecule has 0 saturated heterocycles. The third kappa shape index (κ3) is 3.91. The molecule has 0 fully saturated rings. The Bertz CT molecular complexity index is 353. The van der Waals surface area contributed by atoms with Crippen LogP contribution in [0.1, 0.15) is 25.3 Å². The van der Waals surface area contributed by atoms with Gasteiger partial charge in [0.15, 0.2) is 0 Å². The summed E-state index contributed by atoms with van der Waals surface area (Å²) in [5.41, 5.74) is 7.46. The number of benzene rings is 1. The minimum atomic E-state index is -0.538. The van der Waals surface area contributed by atoms with Crippen LogP contribution in [0.2, 0.25) is 0 Å². The van der Waals surface area contributed by atoms with Crippen molar-refractivity contribution >= 4 is 5.69 Å². The molecule has 17 heavy (non-hydrogen) atoms. The standard InChI is InChI=1S/C13H22N2O2/c1-9(2)10-4-5-12(13(6-10)17-3)15-8-11(16)7-14/h4-6,9,11,15-16H,7-8,14H2,1-3H3. The number of anilines is 1. The first-order valence-electron chi connectivity index (χ1n) is 5.88. The van der Waals surface area contributed by atoms with Crippen molar-refractivity contribution in [1.82, 2.24) is 0 Å². The third-order valence-corrected chi connectivity index (χ3v) is 2.69. The molecule has 0 aliphatic carbocycles. The Morgan fingerprint density at radius 2 is 2.12 bits per heavy atom. The molecule has 0 aromatic heterocycles. The van der Waals surface area contributed by atoms with E-state index >= 15 is 0 Å². The largest absolute Gasteiger partial charge is 0.495 e. The minimum Gasteiger partial charge on any atom is -0.495 e. The maximum absolute atomic E-state index is 9.40. The summed E-state index contributed by atoms with van der Waals surface area (Å²) in [6, 6.07) is 6.05. The topological polar surface area (TPSA) is 67.5 Å². The van der Waals surface area contributed by atoms with E-state index in [0.29, 0.717) is 12.5 Å². The zero-order valence-corrected chi connectivity index (χ0v) is 10.7. The number of hydrogen-bond donors (Lipinski definition) is 3. The number of ether oxygens (including phenoxy) is 1. The Hall–Kier alpha value is -1.26. The molecule has 1 aromatic rings. The van der Waals surface area contributed by atoms with Crippen molar-refractivity contribution in [2.45, 2.75) is 25.9 Å². The van der Waals surface area contributed by atoms with E-state index in [-0.39, 0.29) is 6.54 Å². The summed E-state index contributed by atoms with van der Waals surface area (Å²) < 4.78 is 5.33. The van der Waals surface area contributed by atoms with E-state index in [0.717, 1.165) is 11.4 Å². The molecule has 96 valence electrons. The fourth-order valence-electron chi connectivity index (χ4n) is 1.52. The van der Waals surface area contributed by atoms with Crippen LogP contribution in [-0.4, -0.2) is 31.4 Å². The van der Waals surface area contributed by atoms with Gasteiger partial charge in [-0.1, -0.05) is 19.9 Å². The Morgan fingerprint density at radius 1 is 1.41 bits per heavy atom. The predicted octanol–water partition coefficient (Wildman–Crippen LogP) is 1.55. The molecule has 0 aliphatic rings. The molecule has 0 aliphatic heterocycles. The summed E-state index contributed by atoms with van der Waals surface area (Å²) in [7, 11) is 1.64. The van der Waals surface area contributed by atoms with Gasteiger partial charge in [0.1, 0.15) is 5.75 Å². The van der Waals surface area contributed by atoms with E-state index in [4.69, 9.17) is 10.5 Å². The van der Waals surface area contributed by atoms with E-state index in [1.807, 2.05) is 12.1 Å². The normalized spacial score (nSPS) is 12.6. The van der Waals surface area contributed by atoms with Crippen molar-refractivity contribution in [3.8, 4) is 5.75 Å². The average molecular weight is 238 g/mol. The van der Waals surface area contributed by atoms with Gasteiger partial charge in [0.2, 0.25) is 0 Å². The molecule has 1 unspecified atom stereocenters. The first-order chi connectivity index (χ1) is 8.08. The molecule has 0 spiro atoms. The van der Waals surface area contributed by atoms with E-state index < -0.39 is 6.10 Å². The molecular formula is C13H22N2O2. The lowest BCUT2D eigenvalue weighted by molar-refractivity contribution is 0.196. The van der Waals surface area contributed by atoms with Crippen LogP contribution >= 0.6 is 0 Å². The fourth-order valence-corrected chi connectivity index (χ4v) is 1.52. The third-order valence-electron chi connectivity index (χ3n) is 2.69. The van der Waals surface area contributed by atoms with Crippen LogP contribution in [0, 0.1) is 0 Å². The minimum absolute atomic E-state index is 0.249. The number of hydrogen-bond acceptors (Lipinski definition) is 4. The number of aliphatic hydroxyl groups is 1. The lowest BCUT2D eigenvalue weighted by Crippen LogP contribution is -2.27. The molecule has 0 bridgehead atoms. The number of rotatable bonds is 6. The van der Waals surface area contributed by atoms with E-state index in [2.05, 4.69) is 25.2 Å². The molecule has 4 nitrogen and oxygen atoms in total. The first-order valence-corrected chi connectivity index (χ1v) is 5.88. The summed E-state index contributed by atoms with van der Waals surface area (Å²) in [5.74, 6) is 1.26. The van der Waals surface area contributed by atoms with Gasteiger partial charge < -0.3 is 20.9 Å². The van der Waals surface area contributed by atoms with Gasteiger partial charge in [0.05, 0.1) is 18.9 Å². The summed E-state index contributed by atoms with van der Waals surface area (Å²) in [4.78, 5) is 0. The molecule has 0 radical (unpaired) electrons. The second kappa shape index (κ2) is 6.47. The number of aliphatic hydroxyl groups excluding tert-OH is 1. The molecule has 1 atom stereocenters. The monoisotopic (exact) mass is 238 g/mol. The smallest absolute Gasteiger partial charge is 0.142 e. The number of methoxy groups -OCH3 is 1. The summed E-state index contributed by atoms with van der Waals surface area (Å²) in [6.45, 7) is 4.95. The van der Waals surface area contributed by atoms with Crippen molar-refractivity contribution in [2.24, 2.45) is 5.73 Å². The molecule has 1 rings (SSSR count). The maximum atomic E-state index is 9.40. The highest BCUT2D eigenvalue weighted by Crippen LogP contribution is 2.28. The van der Waals surface area contributed by atoms with Crippen molar-refractivity contribution < 1.29 is 9.84 Å². The van der Waals surface area contributed by atoms with Crippen molar-refractivity contribution in [3.05, 3.63) is 23.8 Å². The Balaban J connectivity index is 2.78. The van der Waals surface area contributed by atoms with Crippen LogP contribution in [0.4, 0.5) is 5.69 Å². The number of nitrogens with one attached hydrogen (secondary N) is 1. The Labute approximate surface area is 103 Å². The van der Waals surface area contributed by atoms with E-state index in [1.165, 1.54) is 5.56 Å². The Morgan fingerprint density at radius 3 is 2.65 bits per heavy atom. The first kappa shape index (κ1) is 13.8. The van der Waals surface area contributed by atoms with Crippen LogP contribution in [0.25, 0.3) is 0 Å². The lowest BCUT2D eigenvalue weighted by Gasteiger charge is -2.15. The fraction of sp³-hybridized carbons (Fsp3) is 0.538. The van der Waals surface area contributed by atoms with Crippen LogP contribution in [0.5, 0.6) is 5.75 Å². The predicted molar refractivity (Wildman–Crippen MR) is 70.6 cm³/mol. The quantitative estimate of drug-likeness (QED) is 0.703. The molecule has 0 heterocycles. The van der Waals surface area contributed by atoms with Gasteiger partial charge >= 0.3 is 0 Å². The van der Waals surface area contributed by atoms with Gasteiger partial charge in [0.25, 0.3) is 0 Å². The van der Waals surface area contributed by atoms with Crippen LogP contribution in [0.3, 0.4) is 0 Å². The van der Waals surface area contributed by atoms with Gasteiger partial charge in [-0.3, -0.25) is 0 Å². The molecular weight excluding hydrogens is 216 g/mol. The van der Waals surface area contributed by atoms with Gasteiger partial charge in [-0.15, -0.1) is 0 Å². The highest BCUT2D eigenvalue weighted by Gasteiger charge is 2.08. The molecule has 0 saturated carbocycles. The summed E-state index contributed by atoms with van der Waals surface area (Å²) in [5, 5.41) is 12.5. The van der Waals surface area contributed by atoms with Crippen LogP contribution < -0.4 is 15.8 Å². The zero-order valence-electron chi connectivity index (χ0n) is 10.7. The maximum Gasteiger partial charge on any atom is 0.142 e. The second-order valence-electron chi connectivity index (χ2n) is 4.38. The molecule has 4 heteroatoms. The molecule has 0 amide bonds. The molecule has 1 aromatic carbocycles. The zero-order chi connectivity index (χ0) is 12.8. The summed E-state index contributed by atoms with van der Waals surface area (Å²) >= 11 is 0. The Kier molecular flexibility index (Phi) is 5.25. The number of nitrogens with two attached hydrogens (primary N) is 1. The van der Waals surface area contributed by atoms with Crippen LogP contribution in [0.15, 0.2) is 18.2 Å². The highest BCUT2D eigenvalue weighted by atomic mass is 16.5. The van der Waals surface area contributed by atoms with Gasteiger partial charge in [0, 0.05) is 13.1 Å². The summed E-state index contributed by atoms with van der Waals surface area (Å²) in [6.07, 6.45) is -0.538. The lowest BCUT2D eigenvalue weighted by atomic mass is 10.0. The van der Waals surface area contributed by atoms with Gasteiger partial charge in [-0.05, 0) is 23.6 Å². The average Bonchev–Trinajstić information content (AvgIpc) is 2.35. The van der Waals surface area contributed by atoms with Crippen LogP contribution in [-0.2, 0) is 0 Å². The SMILES string of the molecule is COc1cc(C(C)C)ccc1NCC(O)CN. The van der Waals surface area contributed by atoms with Gasteiger partial charge in [-0.25, -0.2) is 0 Å². The highest BCUT2D eigenvalue weighted by molar-refractivity contribution is 5.58. The van der Waals surface area contributed by atoms with Crippen molar-refractivity contribution in [2.75, 3.05) is 25.5 Å². The van der Waals surface area contributed by atoms with Crippen molar-refractivity contribution in [1.29, 1.82) is 0 Å². The van der Waals surface area contributed by atoms with Crippen molar-refractivity contribution in [3.63, 3.8) is 0 Å².